The smallest absolute Gasteiger partial charge is 0.343 e. The molecule has 0 atom stereocenters. The standard InChI is InChI=1S/C33H24N4O5/c38-30(35-24-14-5-2-6-15-24)26-17-9-10-18-28(26)36-31(39)32(40)37-34-21-27-25-16-8-7-11-22(25)19-20-29(27)42-33(41)23-12-3-1-4-13-23/h1-21H,(H,35,38)(H,36,39)(H,37,40). The summed E-state index contributed by atoms with van der Waals surface area (Å²) < 4.78 is 5.64. The molecular weight excluding hydrogens is 532 g/mol. The van der Waals surface area contributed by atoms with Crippen LogP contribution in [0.2, 0.25) is 0 Å². The molecule has 5 aromatic carbocycles. The molecule has 0 bridgehead atoms. The van der Waals surface area contributed by atoms with Gasteiger partial charge >= 0.3 is 17.8 Å². The number of hydrazone groups is 1. The van der Waals surface area contributed by atoms with Crippen LogP contribution in [-0.2, 0) is 9.59 Å². The fourth-order valence-corrected chi connectivity index (χ4v) is 4.13. The van der Waals surface area contributed by atoms with Gasteiger partial charge in [0, 0.05) is 11.3 Å². The number of para-hydroxylation sites is 2. The van der Waals surface area contributed by atoms with Crippen LogP contribution in [0.5, 0.6) is 5.75 Å². The van der Waals surface area contributed by atoms with Crippen molar-refractivity contribution in [2.24, 2.45) is 5.10 Å². The molecular formula is C33H24N4O5. The van der Waals surface area contributed by atoms with E-state index < -0.39 is 23.7 Å². The number of benzene rings is 5. The number of carbonyl (C=O) groups excluding carboxylic acids is 4. The lowest BCUT2D eigenvalue weighted by molar-refractivity contribution is -0.136. The molecule has 0 aliphatic rings. The summed E-state index contributed by atoms with van der Waals surface area (Å²) in [6, 6.07) is 34.5. The maximum atomic E-state index is 12.8. The van der Waals surface area contributed by atoms with E-state index in [1.54, 1.807) is 78.9 Å². The monoisotopic (exact) mass is 556 g/mol. The lowest BCUT2D eigenvalue weighted by atomic mass is 10.0. The van der Waals surface area contributed by atoms with Crippen LogP contribution < -0.4 is 20.8 Å². The molecule has 3 amide bonds. The van der Waals surface area contributed by atoms with E-state index in [0.717, 1.165) is 10.8 Å². The van der Waals surface area contributed by atoms with Crippen molar-refractivity contribution in [3.63, 3.8) is 0 Å². The Morgan fingerprint density at radius 3 is 2.10 bits per heavy atom. The third-order valence-electron chi connectivity index (χ3n) is 6.16. The zero-order valence-corrected chi connectivity index (χ0v) is 22.1. The number of ether oxygens (including phenoxy) is 1. The fourth-order valence-electron chi connectivity index (χ4n) is 4.13. The molecule has 5 aromatic rings. The number of hydrogen-bond acceptors (Lipinski definition) is 6. The molecule has 0 radical (unpaired) electrons. The summed E-state index contributed by atoms with van der Waals surface area (Å²) in [5.74, 6) is -2.88. The third kappa shape index (κ3) is 6.54. The highest BCUT2D eigenvalue weighted by Gasteiger charge is 2.18. The SMILES string of the molecule is O=C(NN=Cc1c(OC(=O)c2ccccc2)ccc2ccccc12)C(=O)Nc1ccccc1C(=O)Nc1ccccc1. The number of carbonyl (C=O) groups is 4. The van der Waals surface area contributed by atoms with E-state index in [0.29, 0.717) is 16.8 Å². The minimum atomic E-state index is -1.06. The van der Waals surface area contributed by atoms with E-state index in [4.69, 9.17) is 4.74 Å². The number of nitrogens with one attached hydrogen (secondary N) is 3. The Kier molecular flexibility index (Phi) is 8.40. The molecule has 3 N–H and O–H groups in total. The maximum absolute atomic E-state index is 12.8. The molecule has 9 nitrogen and oxygen atoms in total. The third-order valence-corrected chi connectivity index (χ3v) is 6.16. The number of nitrogens with zero attached hydrogens (tertiary/aromatic N) is 1. The Morgan fingerprint density at radius 2 is 1.31 bits per heavy atom. The molecule has 0 unspecified atom stereocenters. The number of anilines is 2. The summed E-state index contributed by atoms with van der Waals surface area (Å²) in [5, 5.41) is 10.7. The first kappa shape index (κ1) is 27.5. The Bertz CT molecular complexity index is 1800. The summed E-state index contributed by atoms with van der Waals surface area (Å²) in [6.45, 7) is 0. The average molecular weight is 557 g/mol. The van der Waals surface area contributed by atoms with Gasteiger partial charge in [-0.3, -0.25) is 14.4 Å². The van der Waals surface area contributed by atoms with Crippen molar-refractivity contribution in [3.05, 3.63) is 138 Å². The van der Waals surface area contributed by atoms with Gasteiger partial charge < -0.3 is 15.4 Å². The average Bonchev–Trinajstić information content (AvgIpc) is 3.03. The van der Waals surface area contributed by atoms with Crippen LogP contribution in [0.1, 0.15) is 26.3 Å². The molecule has 0 aliphatic heterocycles. The van der Waals surface area contributed by atoms with Crippen molar-refractivity contribution in [2.75, 3.05) is 10.6 Å². The van der Waals surface area contributed by atoms with Gasteiger partial charge in [-0.05, 0) is 53.2 Å². The highest BCUT2D eigenvalue weighted by atomic mass is 16.5. The number of amides is 3. The van der Waals surface area contributed by atoms with E-state index >= 15 is 0 Å². The Morgan fingerprint density at radius 1 is 0.643 bits per heavy atom. The molecule has 0 aliphatic carbocycles. The zero-order chi connectivity index (χ0) is 29.3. The molecule has 206 valence electrons. The van der Waals surface area contributed by atoms with E-state index in [9.17, 15) is 19.2 Å². The number of fused-ring (bicyclic) bond motifs is 1. The second-order valence-corrected chi connectivity index (χ2v) is 8.97. The van der Waals surface area contributed by atoms with Crippen molar-refractivity contribution in [1.82, 2.24) is 5.43 Å². The molecule has 0 aromatic heterocycles. The largest absolute Gasteiger partial charge is 0.422 e. The van der Waals surface area contributed by atoms with Crippen LogP contribution in [0.4, 0.5) is 11.4 Å². The highest BCUT2D eigenvalue weighted by molar-refractivity contribution is 6.40. The quantitative estimate of drug-likeness (QED) is 0.0814. The van der Waals surface area contributed by atoms with Gasteiger partial charge in [-0.15, -0.1) is 0 Å². The topological polar surface area (TPSA) is 126 Å². The molecule has 5 rings (SSSR count). The Labute approximate surface area is 240 Å². The summed E-state index contributed by atoms with van der Waals surface area (Å²) in [7, 11) is 0. The number of rotatable bonds is 7. The molecule has 9 heteroatoms. The van der Waals surface area contributed by atoms with Gasteiger partial charge in [0.15, 0.2) is 0 Å². The van der Waals surface area contributed by atoms with Crippen LogP contribution in [0.25, 0.3) is 10.8 Å². The van der Waals surface area contributed by atoms with Crippen LogP contribution in [-0.4, -0.2) is 29.9 Å². The van der Waals surface area contributed by atoms with E-state index in [1.807, 2.05) is 30.3 Å². The molecule has 0 heterocycles. The van der Waals surface area contributed by atoms with Crippen LogP contribution in [0.3, 0.4) is 0 Å². The fraction of sp³-hybridized carbons (Fsp3) is 0. The van der Waals surface area contributed by atoms with Gasteiger partial charge in [0.2, 0.25) is 0 Å². The van der Waals surface area contributed by atoms with E-state index in [1.165, 1.54) is 18.3 Å². The predicted molar refractivity (Wildman–Crippen MR) is 161 cm³/mol. The van der Waals surface area contributed by atoms with Crippen LogP contribution in [0, 0.1) is 0 Å². The minimum absolute atomic E-state index is 0.152. The normalized spacial score (nSPS) is 10.7. The van der Waals surface area contributed by atoms with Crippen LogP contribution >= 0.6 is 0 Å². The van der Waals surface area contributed by atoms with Crippen molar-refractivity contribution >= 4 is 52.1 Å². The molecule has 0 spiro atoms. The first-order chi connectivity index (χ1) is 20.5. The highest BCUT2D eigenvalue weighted by Crippen LogP contribution is 2.27. The second-order valence-electron chi connectivity index (χ2n) is 8.97. The summed E-state index contributed by atoms with van der Waals surface area (Å²) in [6.07, 6.45) is 1.31. The maximum Gasteiger partial charge on any atom is 0.343 e. The van der Waals surface area contributed by atoms with Gasteiger partial charge in [0.25, 0.3) is 5.91 Å². The summed E-state index contributed by atoms with van der Waals surface area (Å²) in [5.41, 5.74) is 3.90. The molecule has 0 saturated carbocycles. The summed E-state index contributed by atoms with van der Waals surface area (Å²) in [4.78, 5) is 50.8. The Balaban J connectivity index is 1.30. The van der Waals surface area contributed by atoms with Crippen molar-refractivity contribution in [1.29, 1.82) is 0 Å². The van der Waals surface area contributed by atoms with Crippen LogP contribution in [0.15, 0.2) is 126 Å². The molecule has 0 fully saturated rings. The van der Waals surface area contributed by atoms with Gasteiger partial charge in [-0.2, -0.15) is 5.10 Å². The lowest BCUT2D eigenvalue weighted by Crippen LogP contribution is -2.33. The van der Waals surface area contributed by atoms with Gasteiger partial charge in [-0.25, -0.2) is 10.2 Å². The lowest BCUT2D eigenvalue weighted by Gasteiger charge is -2.11. The number of esters is 1. The number of hydrogen-bond donors (Lipinski definition) is 3. The van der Waals surface area contributed by atoms with Gasteiger partial charge in [0.1, 0.15) is 5.75 Å². The predicted octanol–water partition coefficient (Wildman–Crippen LogP) is 5.40. The van der Waals surface area contributed by atoms with Crippen molar-refractivity contribution < 1.29 is 23.9 Å². The minimum Gasteiger partial charge on any atom is -0.422 e. The van der Waals surface area contributed by atoms with E-state index in [-0.39, 0.29) is 17.0 Å². The van der Waals surface area contributed by atoms with Crippen molar-refractivity contribution in [3.8, 4) is 5.75 Å². The molecule has 0 saturated heterocycles. The molecule has 42 heavy (non-hydrogen) atoms. The van der Waals surface area contributed by atoms with Crippen molar-refractivity contribution in [2.45, 2.75) is 0 Å². The van der Waals surface area contributed by atoms with Gasteiger partial charge in [-0.1, -0.05) is 78.9 Å². The first-order valence-corrected chi connectivity index (χ1v) is 12.9. The van der Waals surface area contributed by atoms with E-state index in [2.05, 4.69) is 21.2 Å². The Hall–Kier alpha value is -6.09. The zero-order valence-electron chi connectivity index (χ0n) is 22.1. The first-order valence-electron chi connectivity index (χ1n) is 12.9. The second kappa shape index (κ2) is 12.8. The van der Waals surface area contributed by atoms with Gasteiger partial charge in [0.05, 0.1) is 23.0 Å². The summed E-state index contributed by atoms with van der Waals surface area (Å²) >= 11 is 0.